The van der Waals surface area contributed by atoms with E-state index >= 15 is 0 Å². The average Bonchev–Trinajstić information content (AvgIpc) is 2.88. The summed E-state index contributed by atoms with van der Waals surface area (Å²) in [6, 6.07) is 8.33. The van der Waals surface area contributed by atoms with Crippen molar-refractivity contribution >= 4 is 0 Å². The first-order chi connectivity index (χ1) is 8.83. The Labute approximate surface area is 108 Å². The summed E-state index contributed by atoms with van der Waals surface area (Å²) in [5, 5.41) is 0. The van der Waals surface area contributed by atoms with Crippen LogP contribution in [0.1, 0.15) is 37.2 Å². The van der Waals surface area contributed by atoms with Crippen LogP contribution in [0.15, 0.2) is 24.3 Å². The van der Waals surface area contributed by atoms with E-state index in [1.165, 1.54) is 5.56 Å². The van der Waals surface area contributed by atoms with Crippen molar-refractivity contribution in [2.24, 2.45) is 0 Å². The van der Waals surface area contributed by atoms with Crippen LogP contribution in [0.25, 0.3) is 0 Å². The molecule has 3 rings (SSSR count). The lowest BCUT2D eigenvalue weighted by molar-refractivity contribution is -0.178. The first-order valence-electron chi connectivity index (χ1n) is 6.74. The highest BCUT2D eigenvalue weighted by molar-refractivity contribution is 5.36. The third-order valence-corrected chi connectivity index (χ3v) is 4.14. The maximum absolute atomic E-state index is 5.77. The monoisotopic (exact) mass is 248 g/mol. The molecule has 0 unspecified atom stereocenters. The maximum atomic E-state index is 5.77. The molecular formula is C15H20O3. The van der Waals surface area contributed by atoms with Crippen molar-refractivity contribution in [3.05, 3.63) is 29.8 Å². The van der Waals surface area contributed by atoms with Gasteiger partial charge in [-0.2, -0.15) is 0 Å². The molecule has 18 heavy (non-hydrogen) atoms. The molecule has 1 heterocycles. The molecule has 1 aromatic carbocycles. The van der Waals surface area contributed by atoms with Crippen molar-refractivity contribution in [2.75, 3.05) is 20.3 Å². The third kappa shape index (κ3) is 2.13. The normalized spacial score (nSPS) is 23.4. The fraction of sp³-hybridized carbons (Fsp3) is 0.600. The molecule has 0 N–H and O–H groups in total. The van der Waals surface area contributed by atoms with Crippen LogP contribution in [0.5, 0.6) is 5.75 Å². The van der Waals surface area contributed by atoms with Crippen LogP contribution in [0.3, 0.4) is 0 Å². The van der Waals surface area contributed by atoms with Crippen LogP contribution in [0.2, 0.25) is 0 Å². The van der Waals surface area contributed by atoms with Crippen molar-refractivity contribution in [1.82, 2.24) is 0 Å². The van der Waals surface area contributed by atoms with Gasteiger partial charge in [-0.1, -0.05) is 18.2 Å². The summed E-state index contributed by atoms with van der Waals surface area (Å²) in [4.78, 5) is 0. The highest BCUT2D eigenvalue weighted by atomic mass is 16.7. The largest absolute Gasteiger partial charge is 0.496 e. The van der Waals surface area contributed by atoms with Gasteiger partial charge in [-0.3, -0.25) is 0 Å². The zero-order valence-corrected chi connectivity index (χ0v) is 10.9. The molecule has 0 radical (unpaired) electrons. The average molecular weight is 248 g/mol. The molecule has 3 heteroatoms. The Balaban J connectivity index is 1.72. The quantitative estimate of drug-likeness (QED) is 0.805. The Morgan fingerprint density at radius 2 is 1.78 bits per heavy atom. The second-order valence-electron chi connectivity index (χ2n) is 5.12. The van der Waals surface area contributed by atoms with Gasteiger partial charge in [0.1, 0.15) is 5.75 Å². The second-order valence-corrected chi connectivity index (χ2v) is 5.12. The highest BCUT2D eigenvalue weighted by Gasteiger charge is 2.40. The molecule has 1 spiro atoms. The molecule has 1 aromatic rings. The predicted octanol–water partition coefficient (Wildman–Crippen LogP) is 3.10. The molecule has 3 nitrogen and oxygen atoms in total. The van der Waals surface area contributed by atoms with E-state index in [4.69, 9.17) is 14.2 Å². The molecule has 1 saturated heterocycles. The molecule has 1 aliphatic heterocycles. The van der Waals surface area contributed by atoms with E-state index in [9.17, 15) is 0 Å². The third-order valence-electron chi connectivity index (χ3n) is 4.14. The molecule has 0 bridgehead atoms. The van der Waals surface area contributed by atoms with Gasteiger partial charge >= 0.3 is 0 Å². The van der Waals surface area contributed by atoms with Crippen LogP contribution >= 0.6 is 0 Å². The van der Waals surface area contributed by atoms with Crippen molar-refractivity contribution in [2.45, 2.75) is 37.4 Å². The van der Waals surface area contributed by atoms with Gasteiger partial charge in [-0.05, 0) is 30.4 Å². The summed E-state index contributed by atoms with van der Waals surface area (Å²) >= 11 is 0. The topological polar surface area (TPSA) is 27.7 Å². The van der Waals surface area contributed by atoms with Crippen molar-refractivity contribution in [3.63, 3.8) is 0 Å². The van der Waals surface area contributed by atoms with Crippen LogP contribution in [-0.2, 0) is 9.47 Å². The van der Waals surface area contributed by atoms with Gasteiger partial charge in [-0.25, -0.2) is 0 Å². The summed E-state index contributed by atoms with van der Waals surface area (Å²) in [5.74, 6) is 1.31. The minimum absolute atomic E-state index is 0.265. The number of hydrogen-bond acceptors (Lipinski definition) is 3. The number of ether oxygens (including phenoxy) is 3. The van der Waals surface area contributed by atoms with E-state index < -0.39 is 0 Å². The summed E-state index contributed by atoms with van der Waals surface area (Å²) < 4.78 is 17.0. The summed E-state index contributed by atoms with van der Waals surface area (Å²) in [6.07, 6.45) is 4.21. The molecule has 98 valence electrons. The van der Waals surface area contributed by atoms with Gasteiger partial charge < -0.3 is 14.2 Å². The Bertz CT molecular complexity index is 400. The van der Waals surface area contributed by atoms with E-state index in [1.807, 2.05) is 12.1 Å². The standard InChI is InChI=1S/C15H20O3/c1-16-14-5-3-2-4-13(14)12-6-8-15(9-7-12)17-10-11-18-15/h2-5,12H,6-11H2,1H3. The Morgan fingerprint density at radius 1 is 1.11 bits per heavy atom. The zero-order valence-electron chi connectivity index (χ0n) is 10.9. The Hall–Kier alpha value is -1.06. The lowest BCUT2D eigenvalue weighted by Crippen LogP contribution is -2.34. The maximum Gasteiger partial charge on any atom is 0.168 e. The number of methoxy groups -OCH3 is 1. The van der Waals surface area contributed by atoms with E-state index in [-0.39, 0.29) is 5.79 Å². The summed E-state index contributed by atoms with van der Waals surface area (Å²) in [6.45, 7) is 1.50. The number of benzene rings is 1. The van der Waals surface area contributed by atoms with Crippen molar-refractivity contribution < 1.29 is 14.2 Å². The molecular weight excluding hydrogens is 228 g/mol. The minimum atomic E-state index is -0.265. The first-order valence-corrected chi connectivity index (χ1v) is 6.74. The van der Waals surface area contributed by atoms with E-state index in [0.29, 0.717) is 5.92 Å². The lowest BCUT2D eigenvalue weighted by atomic mass is 9.80. The molecule has 0 amide bonds. The SMILES string of the molecule is COc1ccccc1C1CCC2(CC1)OCCO2. The zero-order chi connectivity index (χ0) is 12.4. The predicted molar refractivity (Wildman–Crippen MR) is 68.8 cm³/mol. The summed E-state index contributed by atoms with van der Waals surface area (Å²) in [7, 11) is 1.74. The highest BCUT2D eigenvalue weighted by Crippen LogP contribution is 2.44. The van der Waals surface area contributed by atoms with Gasteiger partial charge in [0.05, 0.1) is 20.3 Å². The molecule has 1 aliphatic carbocycles. The van der Waals surface area contributed by atoms with E-state index in [1.54, 1.807) is 7.11 Å². The van der Waals surface area contributed by atoms with Crippen LogP contribution < -0.4 is 4.74 Å². The number of para-hydroxylation sites is 1. The summed E-state index contributed by atoms with van der Waals surface area (Å²) in [5.41, 5.74) is 1.33. The molecule has 2 fully saturated rings. The van der Waals surface area contributed by atoms with Crippen molar-refractivity contribution in [1.29, 1.82) is 0 Å². The minimum Gasteiger partial charge on any atom is -0.496 e. The van der Waals surface area contributed by atoms with Gasteiger partial charge in [0, 0.05) is 12.8 Å². The van der Waals surface area contributed by atoms with Crippen molar-refractivity contribution in [3.8, 4) is 5.75 Å². The van der Waals surface area contributed by atoms with E-state index in [2.05, 4.69) is 12.1 Å². The molecule has 0 atom stereocenters. The molecule has 1 saturated carbocycles. The Kier molecular flexibility index (Phi) is 3.27. The van der Waals surface area contributed by atoms with Crippen LogP contribution in [-0.4, -0.2) is 26.1 Å². The van der Waals surface area contributed by atoms with Gasteiger partial charge in [0.2, 0.25) is 0 Å². The second kappa shape index (κ2) is 4.90. The van der Waals surface area contributed by atoms with Gasteiger partial charge in [0.25, 0.3) is 0 Å². The fourth-order valence-electron chi connectivity index (χ4n) is 3.16. The smallest absolute Gasteiger partial charge is 0.168 e. The molecule has 2 aliphatic rings. The lowest BCUT2D eigenvalue weighted by Gasteiger charge is -2.35. The van der Waals surface area contributed by atoms with Crippen LogP contribution in [0.4, 0.5) is 0 Å². The number of hydrogen-bond donors (Lipinski definition) is 0. The first kappa shape index (κ1) is 12.0. The molecule has 0 aromatic heterocycles. The van der Waals surface area contributed by atoms with E-state index in [0.717, 1.165) is 44.6 Å². The Morgan fingerprint density at radius 3 is 2.44 bits per heavy atom. The number of rotatable bonds is 2. The van der Waals surface area contributed by atoms with Gasteiger partial charge in [0.15, 0.2) is 5.79 Å². The van der Waals surface area contributed by atoms with Gasteiger partial charge in [-0.15, -0.1) is 0 Å². The van der Waals surface area contributed by atoms with Crippen LogP contribution in [0, 0.1) is 0 Å². The fourth-order valence-corrected chi connectivity index (χ4v) is 3.16.